The van der Waals surface area contributed by atoms with Crippen molar-refractivity contribution in [2.45, 2.75) is 37.8 Å². The van der Waals surface area contributed by atoms with Crippen molar-refractivity contribution in [3.05, 3.63) is 64.7 Å². The molecule has 6 N–H and O–H groups in total. The summed E-state index contributed by atoms with van der Waals surface area (Å²) in [4.78, 5) is 40.8. The predicted molar refractivity (Wildman–Crippen MR) is 136 cm³/mol. The van der Waals surface area contributed by atoms with E-state index in [0.717, 1.165) is 37.2 Å². The highest BCUT2D eigenvalue weighted by Gasteiger charge is 2.37. The number of carbonyl (C=O) groups is 3. The number of methoxy groups -OCH3 is 1. The summed E-state index contributed by atoms with van der Waals surface area (Å²) in [6.07, 6.45) is 3.72. The maximum Gasteiger partial charge on any atom is 0.273 e. The van der Waals surface area contributed by atoms with Crippen LogP contribution in [0.15, 0.2) is 48.5 Å². The Bertz CT molecular complexity index is 1270. The quantitative estimate of drug-likeness (QED) is 0.363. The van der Waals surface area contributed by atoms with Crippen molar-refractivity contribution in [1.29, 1.82) is 0 Å². The summed E-state index contributed by atoms with van der Waals surface area (Å²) in [5, 5.41) is 13.2. The SMILES string of the molecule is COc1cc([C@H](C(=O)NC2CCCC2)N(C(=O)c2snc(C(N)=O)c2N)c2ccccc2)ccc1O. The van der Waals surface area contributed by atoms with Crippen LogP contribution in [0.2, 0.25) is 0 Å². The number of primary amides is 1. The molecule has 188 valence electrons. The second-order valence-electron chi connectivity index (χ2n) is 8.47. The van der Waals surface area contributed by atoms with E-state index >= 15 is 0 Å². The molecule has 1 aromatic heterocycles. The maximum atomic E-state index is 14.0. The number of nitrogens with zero attached hydrogens (tertiary/aromatic N) is 2. The number of amides is 3. The third-order valence-corrected chi connectivity index (χ3v) is 6.99. The molecule has 3 aromatic rings. The largest absolute Gasteiger partial charge is 0.504 e. The van der Waals surface area contributed by atoms with Crippen molar-refractivity contribution >= 4 is 40.6 Å². The number of hydrogen-bond acceptors (Lipinski definition) is 8. The molecule has 1 fully saturated rings. The Labute approximate surface area is 212 Å². The number of benzene rings is 2. The summed E-state index contributed by atoms with van der Waals surface area (Å²) >= 11 is 0.739. The summed E-state index contributed by atoms with van der Waals surface area (Å²) in [6.45, 7) is 0. The smallest absolute Gasteiger partial charge is 0.273 e. The van der Waals surface area contributed by atoms with Crippen LogP contribution in [0.5, 0.6) is 11.5 Å². The van der Waals surface area contributed by atoms with E-state index in [-0.39, 0.29) is 33.8 Å². The Morgan fingerprint density at radius 2 is 1.86 bits per heavy atom. The molecule has 0 unspecified atom stereocenters. The number of nitrogens with one attached hydrogen (secondary N) is 1. The second-order valence-corrected chi connectivity index (χ2v) is 9.25. The maximum absolute atomic E-state index is 14.0. The van der Waals surface area contributed by atoms with Crippen LogP contribution in [0.3, 0.4) is 0 Å². The molecule has 10 nitrogen and oxygen atoms in total. The Balaban J connectivity index is 1.86. The van der Waals surface area contributed by atoms with Gasteiger partial charge in [0.05, 0.1) is 12.8 Å². The van der Waals surface area contributed by atoms with Gasteiger partial charge in [0.1, 0.15) is 10.9 Å². The minimum absolute atomic E-state index is 0.0123. The normalized spacial score (nSPS) is 14.2. The molecule has 2 aromatic carbocycles. The fraction of sp³-hybridized carbons (Fsp3) is 0.280. The van der Waals surface area contributed by atoms with Gasteiger partial charge in [-0.05, 0) is 54.2 Å². The van der Waals surface area contributed by atoms with Gasteiger partial charge in [0.15, 0.2) is 17.2 Å². The van der Waals surface area contributed by atoms with Crippen molar-refractivity contribution in [1.82, 2.24) is 9.69 Å². The molecule has 1 aliphatic rings. The van der Waals surface area contributed by atoms with E-state index in [1.165, 1.54) is 24.1 Å². The third kappa shape index (κ3) is 4.96. The van der Waals surface area contributed by atoms with Crippen molar-refractivity contribution < 1.29 is 24.2 Å². The summed E-state index contributed by atoms with van der Waals surface area (Å²) in [5.41, 5.74) is 11.9. The van der Waals surface area contributed by atoms with Gasteiger partial charge in [-0.1, -0.05) is 37.1 Å². The fourth-order valence-corrected chi connectivity index (χ4v) is 5.09. The molecule has 1 heterocycles. The van der Waals surface area contributed by atoms with Crippen molar-refractivity contribution in [3.8, 4) is 11.5 Å². The molecule has 0 spiro atoms. The first-order chi connectivity index (χ1) is 17.3. The monoisotopic (exact) mass is 509 g/mol. The summed E-state index contributed by atoms with van der Waals surface area (Å²) in [6, 6.07) is 12.0. The second kappa shape index (κ2) is 10.6. The number of carbonyl (C=O) groups excluding carboxylic acids is 3. The molecule has 0 radical (unpaired) electrons. The Hall–Kier alpha value is -4.12. The van der Waals surface area contributed by atoms with E-state index in [2.05, 4.69) is 9.69 Å². The lowest BCUT2D eigenvalue weighted by Crippen LogP contribution is -2.46. The molecular formula is C25H27N5O5S. The van der Waals surface area contributed by atoms with Crippen molar-refractivity contribution in [2.24, 2.45) is 5.73 Å². The Morgan fingerprint density at radius 1 is 1.17 bits per heavy atom. The van der Waals surface area contributed by atoms with Crippen LogP contribution in [0, 0.1) is 0 Å². The van der Waals surface area contributed by atoms with Crippen LogP contribution in [0.1, 0.15) is 57.4 Å². The number of phenolic OH excluding ortho intramolecular Hbond substituents is 1. The van der Waals surface area contributed by atoms with Gasteiger partial charge in [-0.3, -0.25) is 19.3 Å². The molecule has 1 aliphatic carbocycles. The molecular weight excluding hydrogens is 482 g/mol. The number of hydrogen-bond donors (Lipinski definition) is 4. The van der Waals surface area contributed by atoms with E-state index in [4.69, 9.17) is 16.2 Å². The highest BCUT2D eigenvalue weighted by atomic mass is 32.1. The average Bonchev–Trinajstić information content (AvgIpc) is 3.52. The Kier molecular flexibility index (Phi) is 7.39. The zero-order chi connectivity index (χ0) is 25.8. The van der Waals surface area contributed by atoms with Gasteiger partial charge in [-0.15, -0.1) is 0 Å². The van der Waals surface area contributed by atoms with Gasteiger partial charge in [0.25, 0.3) is 11.8 Å². The highest BCUT2D eigenvalue weighted by Crippen LogP contribution is 2.36. The van der Waals surface area contributed by atoms with E-state index in [1.807, 2.05) is 0 Å². The first-order valence-corrected chi connectivity index (χ1v) is 12.2. The minimum atomic E-state index is -1.14. The number of para-hydroxylation sites is 1. The van der Waals surface area contributed by atoms with Gasteiger partial charge in [-0.25, -0.2) is 0 Å². The molecule has 1 saturated carbocycles. The summed E-state index contributed by atoms with van der Waals surface area (Å²) < 4.78 is 9.22. The number of anilines is 2. The number of nitrogens with two attached hydrogens (primary N) is 2. The zero-order valence-electron chi connectivity index (χ0n) is 19.6. The standard InChI is InChI=1S/C25H27N5O5S/c1-35-18-13-14(11-12-17(18)31)21(24(33)28-15-7-5-6-8-15)30(16-9-3-2-4-10-16)25(34)22-19(26)20(23(27)32)29-36-22/h2-4,9-13,15,21,31H,5-8,26H2,1H3,(H2,27,32)(H,28,33)/t21-/m1/s1. The van der Waals surface area contributed by atoms with Crippen LogP contribution in [0.4, 0.5) is 11.4 Å². The van der Waals surface area contributed by atoms with Crippen molar-refractivity contribution in [3.63, 3.8) is 0 Å². The fourth-order valence-electron chi connectivity index (χ4n) is 4.34. The van der Waals surface area contributed by atoms with Gasteiger partial charge in [-0.2, -0.15) is 4.37 Å². The molecule has 11 heteroatoms. The lowest BCUT2D eigenvalue weighted by Gasteiger charge is -2.32. The predicted octanol–water partition coefficient (Wildman–Crippen LogP) is 2.99. The molecule has 0 saturated heterocycles. The number of ether oxygens (including phenoxy) is 1. The zero-order valence-corrected chi connectivity index (χ0v) is 20.5. The van der Waals surface area contributed by atoms with Crippen LogP contribution < -0.4 is 26.4 Å². The van der Waals surface area contributed by atoms with Gasteiger partial charge in [0.2, 0.25) is 5.91 Å². The lowest BCUT2D eigenvalue weighted by molar-refractivity contribution is -0.123. The number of aromatic nitrogens is 1. The summed E-state index contributed by atoms with van der Waals surface area (Å²) in [7, 11) is 1.40. The van der Waals surface area contributed by atoms with Crippen LogP contribution in [-0.2, 0) is 4.79 Å². The highest BCUT2D eigenvalue weighted by molar-refractivity contribution is 7.09. The molecule has 3 amide bonds. The first kappa shape index (κ1) is 25.0. The number of rotatable bonds is 8. The van der Waals surface area contributed by atoms with Crippen LogP contribution in [0.25, 0.3) is 0 Å². The third-order valence-electron chi connectivity index (χ3n) is 6.14. The van der Waals surface area contributed by atoms with Crippen molar-refractivity contribution in [2.75, 3.05) is 17.7 Å². The lowest BCUT2D eigenvalue weighted by atomic mass is 10.0. The number of nitrogen functional groups attached to an aromatic ring is 1. The Morgan fingerprint density at radius 3 is 2.47 bits per heavy atom. The summed E-state index contributed by atoms with van der Waals surface area (Å²) in [5.74, 6) is -1.83. The molecule has 1 atom stereocenters. The van der Waals surface area contributed by atoms with E-state index in [9.17, 15) is 19.5 Å². The van der Waals surface area contributed by atoms with Crippen LogP contribution >= 0.6 is 11.5 Å². The number of aromatic hydroxyl groups is 1. The topological polar surface area (TPSA) is 161 Å². The van der Waals surface area contributed by atoms with E-state index in [1.54, 1.807) is 36.4 Å². The van der Waals surface area contributed by atoms with Gasteiger partial charge in [0, 0.05) is 11.7 Å². The van der Waals surface area contributed by atoms with Gasteiger partial charge < -0.3 is 26.6 Å². The number of phenols is 1. The van der Waals surface area contributed by atoms with Crippen LogP contribution in [-0.4, -0.2) is 40.4 Å². The van der Waals surface area contributed by atoms with E-state index < -0.39 is 23.8 Å². The molecule has 4 rings (SSSR count). The van der Waals surface area contributed by atoms with Gasteiger partial charge >= 0.3 is 0 Å². The molecule has 0 aliphatic heterocycles. The van der Waals surface area contributed by atoms with E-state index in [0.29, 0.717) is 11.3 Å². The average molecular weight is 510 g/mol. The first-order valence-electron chi connectivity index (χ1n) is 11.4. The molecule has 0 bridgehead atoms. The minimum Gasteiger partial charge on any atom is -0.504 e. The molecule has 36 heavy (non-hydrogen) atoms.